The molecule has 0 aromatic heterocycles. The number of hydrogen-bond donors (Lipinski definition) is 0. The van der Waals surface area contributed by atoms with Gasteiger partial charge in [-0.3, -0.25) is 14.5 Å². The standard InChI is InChI=1S/C22H22N2O4/c25-19(17-9-5-2-6-10-17)23-13-11-22(12-14-23)20(26)24-18(15-27-21(24)28-22)16-7-3-1-4-8-16/h1-10,18,21H,11-15H2/t18-,21-/m0/s1. The first-order valence-electron chi connectivity index (χ1n) is 9.69. The first-order valence-corrected chi connectivity index (χ1v) is 9.69. The third kappa shape index (κ3) is 2.72. The highest BCUT2D eigenvalue weighted by Gasteiger charge is 2.59. The highest BCUT2D eigenvalue weighted by Crippen LogP contribution is 2.44. The molecular formula is C22H22N2O4. The van der Waals surface area contributed by atoms with E-state index in [9.17, 15) is 9.59 Å². The molecule has 0 N–H and O–H groups in total. The number of likely N-dealkylation sites (tertiary alicyclic amines) is 1. The van der Waals surface area contributed by atoms with E-state index in [-0.39, 0.29) is 17.9 Å². The van der Waals surface area contributed by atoms with E-state index in [2.05, 4.69) is 0 Å². The van der Waals surface area contributed by atoms with Crippen LogP contribution in [0.5, 0.6) is 0 Å². The molecule has 5 rings (SSSR count). The van der Waals surface area contributed by atoms with E-state index in [0.717, 1.165) is 5.56 Å². The van der Waals surface area contributed by atoms with E-state index < -0.39 is 12.0 Å². The van der Waals surface area contributed by atoms with E-state index in [4.69, 9.17) is 9.47 Å². The van der Waals surface area contributed by atoms with Gasteiger partial charge in [0.2, 0.25) is 6.41 Å². The van der Waals surface area contributed by atoms with Crippen LogP contribution in [0.4, 0.5) is 0 Å². The van der Waals surface area contributed by atoms with Gasteiger partial charge in [-0.2, -0.15) is 0 Å². The average Bonchev–Trinajstić information content (AvgIpc) is 3.28. The van der Waals surface area contributed by atoms with Gasteiger partial charge in [-0.05, 0) is 17.7 Å². The van der Waals surface area contributed by atoms with Gasteiger partial charge in [-0.25, -0.2) is 0 Å². The number of ether oxygens (including phenoxy) is 2. The van der Waals surface area contributed by atoms with Gasteiger partial charge in [0.1, 0.15) is 0 Å². The van der Waals surface area contributed by atoms with Crippen LogP contribution >= 0.6 is 0 Å². The van der Waals surface area contributed by atoms with E-state index in [1.807, 2.05) is 60.7 Å². The maximum absolute atomic E-state index is 13.3. The van der Waals surface area contributed by atoms with Crippen molar-refractivity contribution in [2.24, 2.45) is 0 Å². The lowest BCUT2D eigenvalue weighted by molar-refractivity contribution is -0.182. The molecule has 0 radical (unpaired) electrons. The maximum Gasteiger partial charge on any atom is 0.259 e. The van der Waals surface area contributed by atoms with Crippen molar-refractivity contribution in [3.05, 3.63) is 71.8 Å². The molecule has 6 heteroatoms. The van der Waals surface area contributed by atoms with Crippen LogP contribution in [0.3, 0.4) is 0 Å². The molecule has 3 heterocycles. The SMILES string of the molecule is O=C(c1ccccc1)N1CCC2(CC1)O[C@@H]1OC[C@@H](c3ccccc3)N1C2=O. The molecule has 0 aliphatic carbocycles. The largest absolute Gasteiger partial charge is 0.338 e. The zero-order valence-corrected chi connectivity index (χ0v) is 15.5. The minimum Gasteiger partial charge on any atom is -0.338 e. The fraction of sp³-hybridized carbons (Fsp3) is 0.364. The van der Waals surface area contributed by atoms with E-state index in [1.165, 1.54) is 0 Å². The van der Waals surface area contributed by atoms with Crippen LogP contribution in [0.15, 0.2) is 60.7 Å². The Morgan fingerprint density at radius 1 is 0.964 bits per heavy atom. The minimum atomic E-state index is -0.883. The van der Waals surface area contributed by atoms with Crippen LogP contribution in [0.1, 0.15) is 34.8 Å². The second-order valence-corrected chi connectivity index (χ2v) is 7.55. The molecule has 2 aromatic rings. The molecule has 0 unspecified atom stereocenters. The molecule has 144 valence electrons. The predicted octanol–water partition coefficient (Wildman–Crippen LogP) is 2.58. The average molecular weight is 378 g/mol. The van der Waals surface area contributed by atoms with Crippen molar-refractivity contribution in [2.75, 3.05) is 19.7 Å². The zero-order valence-electron chi connectivity index (χ0n) is 15.5. The summed E-state index contributed by atoms with van der Waals surface area (Å²) in [6.45, 7) is 1.43. The summed E-state index contributed by atoms with van der Waals surface area (Å²) in [6, 6.07) is 19.0. The molecule has 2 atom stereocenters. The fourth-order valence-corrected chi connectivity index (χ4v) is 4.39. The monoisotopic (exact) mass is 378 g/mol. The van der Waals surface area contributed by atoms with Gasteiger partial charge in [0.15, 0.2) is 5.60 Å². The Morgan fingerprint density at radius 3 is 2.29 bits per heavy atom. The quantitative estimate of drug-likeness (QED) is 0.806. The van der Waals surface area contributed by atoms with Crippen molar-refractivity contribution in [3.63, 3.8) is 0 Å². The van der Waals surface area contributed by atoms with Crippen molar-refractivity contribution < 1.29 is 19.1 Å². The van der Waals surface area contributed by atoms with Gasteiger partial charge in [0.25, 0.3) is 11.8 Å². The highest BCUT2D eigenvalue weighted by atomic mass is 16.7. The van der Waals surface area contributed by atoms with Crippen LogP contribution in [-0.4, -0.2) is 53.3 Å². The number of benzene rings is 2. The summed E-state index contributed by atoms with van der Waals surface area (Å²) in [5, 5.41) is 0. The molecule has 2 amide bonds. The van der Waals surface area contributed by atoms with Gasteiger partial charge >= 0.3 is 0 Å². The van der Waals surface area contributed by atoms with Crippen LogP contribution in [0.25, 0.3) is 0 Å². The summed E-state index contributed by atoms with van der Waals surface area (Å²) < 4.78 is 11.9. The lowest BCUT2D eigenvalue weighted by atomic mass is 9.89. The Kier molecular flexibility index (Phi) is 4.18. The molecule has 0 saturated carbocycles. The van der Waals surface area contributed by atoms with Crippen molar-refractivity contribution in [1.29, 1.82) is 0 Å². The molecule has 0 bridgehead atoms. The lowest BCUT2D eigenvalue weighted by Crippen LogP contribution is -2.51. The second kappa shape index (κ2) is 6.72. The maximum atomic E-state index is 13.3. The molecular weight excluding hydrogens is 356 g/mol. The molecule has 2 aromatic carbocycles. The van der Waals surface area contributed by atoms with Crippen LogP contribution in [-0.2, 0) is 14.3 Å². The topological polar surface area (TPSA) is 59.1 Å². The van der Waals surface area contributed by atoms with Crippen molar-refractivity contribution >= 4 is 11.8 Å². The predicted molar refractivity (Wildman–Crippen MR) is 101 cm³/mol. The summed E-state index contributed by atoms with van der Waals surface area (Å²) in [5.74, 6) is -0.0181. The number of carbonyl (C=O) groups excluding carboxylic acids is 2. The smallest absolute Gasteiger partial charge is 0.259 e. The molecule has 3 aliphatic rings. The van der Waals surface area contributed by atoms with Crippen molar-refractivity contribution in [2.45, 2.75) is 30.9 Å². The highest BCUT2D eigenvalue weighted by molar-refractivity contribution is 5.94. The molecule has 3 fully saturated rings. The summed E-state index contributed by atoms with van der Waals surface area (Å²) in [5.41, 5.74) is 0.840. The van der Waals surface area contributed by atoms with Crippen molar-refractivity contribution in [1.82, 2.24) is 9.80 Å². The molecule has 3 aliphatic heterocycles. The van der Waals surface area contributed by atoms with Gasteiger partial charge in [0.05, 0.1) is 12.6 Å². The van der Waals surface area contributed by atoms with Gasteiger partial charge in [0, 0.05) is 31.5 Å². The number of nitrogens with zero attached hydrogens (tertiary/aromatic N) is 2. The Hall–Kier alpha value is -2.70. The summed E-state index contributed by atoms with van der Waals surface area (Å²) in [6.07, 6.45) is 0.346. The molecule has 6 nitrogen and oxygen atoms in total. The molecule has 1 spiro atoms. The van der Waals surface area contributed by atoms with Crippen LogP contribution in [0, 0.1) is 0 Å². The first-order chi connectivity index (χ1) is 13.7. The van der Waals surface area contributed by atoms with E-state index >= 15 is 0 Å². The molecule has 28 heavy (non-hydrogen) atoms. The third-order valence-corrected chi connectivity index (χ3v) is 5.97. The fourth-order valence-electron chi connectivity index (χ4n) is 4.39. The number of carbonyl (C=O) groups is 2. The minimum absolute atomic E-state index is 0.000178. The van der Waals surface area contributed by atoms with E-state index in [0.29, 0.717) is 38.1 Å². The number of amides is 2. The van der Waals surface area contributed by atoms with E-state index in [1.54, 1.807) is 9.80 Å². The number of piperidine rings is 1. The normalized spacial score (nSPS) is 25.9. The Balaban J connectivity index is 1.31. The third-order valence-electron chi connectivity index (χ3n) is 5.97. The first kappa shape index (κ1) is 17.4. The van der Waals surface area contributed by atoms with Gasteiger partial charge in [-0.1, -0.05) is 48.5 Å². The second-order valence-electron chi connectivity index (χ2n) is 7.55. The van der Waals surface area contributed by atoms with Crippen LogP contribution < -0.4 is 0 Å². The zero-order chi connectivity index (χ0) is 19.1. The molecule has 3 saturated heterocycles. The summed E-state index contributed by atoms with van der Waals surface area (Å²) >= 11 is 0. The number of rotatable bonds is 2. The van der Waals surface area contributed by atoms with Crippen LogP contribution in [0.2, 0.25) is 0 Å². The summed E-state index contributed by atoms with van der Waals surface area (Å²) in [7, 11) is 0. The summed E-state index contributed by atoms with van der Waals surface area (Å²) in [4.78, 5) is 29.5. The van der Waals surface area contributed by atoms with Gasteiger partial charge < -0.3 is 14.4 Å². The Morgan fingerprint density at radius 2 is 1.61 bits per heavy atom. The number of hydrogen-bond acceptors (Lipinski definition) is 4. The Labute approximate surface area is 163 Å². The number of fused-ring (bicyclic) bond motifs is 1. The van der Waals surface area contributed by atoms with Gasteiger partial charge in [-0.15, -0.1) is 0 Å². The lowest BCUT2D eigenvalue weighted by Gasteiger charge is -2.37. The van der Waals surface area contributed by atoms with Crippen molar-refractivity contribution in [3.8, 4) is 0 Å². The Bertz CT molecular complexity index is 878.